The minimum absolute atomic E-state index is 0.0352. The lowest BCUT2D eigenvalue weighted by molar-refractivity contribution is -0.139. The van der Waals surface area contributed by atoms with Gasteiger partial charge in [0.05, 0.1) is 5.56 Å². The van der Waals surface area contributed by atoms with E-state index in [-0.39, 0.29) is 16.4 Å². The van der Waals surface area contributed by atoms with Crippen molar-refractivity contribution in [1.29, 1.82) is 0 Å². The second-order valence-electron chi connectivity index (χ2n) is 6.36. The van der Waals surface area contributed by atoms with E-state index in [9.17, 15) is 23.1 Å². The molecule has 0 aliphatic rings. The molecule has 0 aliphatic heterocycles. The molecule has 0 saturated heterocycles. The average Bonchev–Trinajstić information content (AvgIpc) is 2.97. The van der Waals surface area contributed by atoms with Gasteiger partial charge >= 0.3 is 5.97 Å². The smallest absolute Gasteiger partial charge is 0.330 e. The molecule has 0 aliphatic carbocycles. The van der Waals surface area contributed by atoms with Crippen LogP contribution in [0.2, 0.25) is 0 Å². The highest BCUT2D eigenvalue weighted by Crippen LogP contribution is 2.24. The summed E-state index contributed by atoms with van der Waals surface area (Å²) in [5, 5.41) is 11.6. The van der Waals surface area contributed by atoms with Crippen LogP contribution in [0.3, 0.4) is 0 Å². The maximum Gasteiger partial charge on any atom is 0.330 e. The summed E-state index contributed by atoms with van der Waals surface area (Å²) < 4.78 is 30.5. The molecule has 0 spiro atoms. The number of nitrogens with one attached hydrogen (secondary N) is 1. The molecular weight excluding hydrogens is 372 g/mol. The summed E-state index contributed by atoms with van der Waals surface area (Å²) in [6, 6.07) is 5.01. The Balaban J connectivity index is 2.39. The maximum atomic E-state index is 12.6. The van der Waals surface area contributed by atoms with E-state index in [1.807, 2.05) is 13.0 Å². The van der Waals surface area contributed by atoms with Crippen molar-refractivity contribution in [3.05, 3.63) is 52.3 Å². The van der Waals surface area contributed by atoms with Crippen LogP contribution in [0.25, 0.3) is 0 Å². The highest BCUT2D eigenvalue weighted by atomic mass is 32.2. The van der Waals surface area contributed by atoms with Gasteiger partial charge in [0.15, 0.2) is 6.04 Å². The van der Waals surface area contributed by atoms with E-state index in [1.165, 1.54) is 21.0 Å². The molecule has 2 N–H and O–H groups in total. The number of carbonyl (C=O) groups excluding carboxylic acids is 1. The number of aliphatic carboxylic acids is 1. The monoisotopic (exact) mass is 394 g/mol. The number of furan rings is 1. The molecule has 1 amide bonds. The molecule has 1 atom stereocenters. The number of hydrogen-bond acceptors (Lipinski definition) is 5. The topological polar surface area (TPSA) is 117 Å². The van der Waals surface area contributed by atoms with Crippen LogP contribution >= 0.6 is 0 Å². The average molecular weight is 394 g/mol. The number of benzene rings is 1. The standard InChI is InChI=1S/C18H22N2O6S/c1-10-7-6-8-13(11(10)2)16(18(22)23)19-17(21)14-9-15(26-12(14)3)27(24,25)20(4)5/h6-9,16H,1-5H3,(H,19,21)(H,22,23). The lowest BCUT2D eigenvalue weighted by Crippen LogP contribution is -2.34. The Morgan fingerprint density at radius 2 is 1.81 bits per heavy atom. The molecule has 2 rings (SSSR count). The lowest BCUT2D eigenvalue weighted by atomic mass is 9.97. The summed E-state index contributed by atoms with van der Waals surface area (Å²) in [5.74, 6) is -1.87. The van der Waals surface area contributed by atoms with E-state index >= 15 is 0 Å². The molecule has 146 valence electrons. The van der Waals surface area contributed by atoms with Crippen molar-refractivity contribution in [2.45, 2.75) is 31.9 Å². The van der Waals surface area contributed by atoms with Gasteiger partial charge in [0, 0.05) is 20.2 Å². The van der Waals surface area contributed by atoms with Crippen LogP contribution in [0.4, 0.5) is 0 Å². The minimum atomic E-state index is -3.85. The van der Waals surface area contributed by atoms with Gasteiger partial charge in [0.1, 0.15) is 5.76 Å². The number of carboxylic acid groups (broad SMARTS) is 1. The first kappa shape index (κ1) is 20.7. The Labute approximate surface area is 157 Å². The number of carboxylic acids is 1. The SMILES string of the molecule is Cc1cccc(C(NC(=O)c2cc(S(=O)(=O)N(C)C)oc2C)C(=O)O)c1C. The molecule has 1 aromatic heterocycles. The molecule has 27 heavy (non-hydrogen) atoms. The summed E-state index contributed by atoms with van der Waals surface area (Å²) in [7, 11) is -1.17. The minimum Gasteiger partial charge on any atom is -0.479 e. The third-order valence-corrected chi connectivity index (χ3v) is 6.03. The fraction of sp³-hybridized carbons (Fsp3) is 0.333. The largest absolute Gasteiger partial charge is 0.479 e. The van der Waals surface area contributed by atoms with Crippen molar-refractivity contribution in [3.63, 3.8) is 0 Å². The predicted molar refractivity (Wildman–Crippen MR) is 98.1 cm³/mol. The van der Waals surface area contributed by atoms with Gasteiger partial charge in [-0.25, -0.2) is 17.5 Å². The summed E-state index contributed by atoms with van der Waals surface area (Å²) in [6.45, 7) is 5.06. The van der Waals surface area contributed by atoms with Crippen LogP contribution in [0.15, 0.2) is 33.8 Å². The van der Waals surface area contributed by atoms with E-state index in [4.69, 9.17) is 4.42 Å². The number of nitrogens with zero attached hydrogens (tertiary/aromatic N) is 1. The Bertz CT molecular complexity index is 991. The van der Waals surface area contributed by atoms with E-state index < -0.39 is 27.9 Å². The quantitative estimate of drug-likeness (QED) is 0.774. The van der Waals surface area contributed by atoms with E-state index in [1.54, 1.807) is 19.1 Å². The molecule has 1 heterocycles. The molecule has 8 nitrogen and oxygen atoms in total. The van der Waals surface area contributed by atoms with Crippen molar-refractivity contribution in [1.82, 2.24) is 9.62 Å². The highest BCUT2D eigenvalue weighted by Gasteiger charge is 2.29. The van der Waals surface area contributed by atoms with Gasteiger partial charge in [0.2, 0.25) is 5.09 Å². The van der Waals surface area contributed by atoms with Crippen LogP contribution in [0, 0.1) is 20.8 Å². The number of carbonyl (C=O) groups is 2. The van der Waals surface area contributed by atoms with E-state index in [0.717, 1.165) is 21.5 Å². The van der Waals surface area contributed by atoms with Crippen molar-refractivity contribution in [3.8, 4) is 0 Å². The second kappa shape index (κ2) is 7.53. The highest BCUT2D eigenvalue weighted by molar-refractivity contribution is 7.88. The number of sulfonamides is 1. The van der Waals surface area contributed by atoms with Gasteiger partial charge in [-0.05, 0) is 37.5 Å². The van der Waals surface area contributed by atoms with Crippen LogP contribution in [0.5, 0.6) is 0 Å². The first-order chi connectivity index (χ1) is 12.5. The molecule has 0 bridgehead atoms. The fourth-order valence-electron chi connectivity index (χ4n) is 2.56. The molecule has 9 heteroatoms. The van der Waals surface area contributed by atoms with Gasteiger partial charge in [-0.3, -0.25) is 4.79 Å². The maximum absolute atomic E-state index is 12.6. The van der Waals surface area contributed by atoms with Crippen LogP contribution in [-0.4, -0.2) is 43.8 Å². The summed E-state index contributed by atoms with van der Waals surface area (Å²) in [5.41, 5.74) is 2.07. The van der Waals surface area contributed by atoms with Gasteiger partial charge in [-0.1, -0.05) is 18.2 Å². The zero-order valence-corrected chi connectivity index (χ0v) is 16.5. The van der Waals surface area contributed by atoms with Crippen LogP contribution in [0.1, 0.15) is 38.9 Å². The first-order valence-corrected chi connectivity index (χ1v) is 9.53. The Morgan fingerprint density at radius 3 is 2.37 bits per heavy atom. The summed E-state index contributed by atoms with van der Waals surface area (Å²) in [4.78, 5) is 24.3. The first-order valence-electron chi connectivity index (χ1n) is 8.09. The van der Waals surface area contributed by atoms with Crippen molar-refractivity contribution < 1.29 is 27.5 Å². The molecule has 0 saturated carbocycles. The normalized spacial score (nSPS) is 12.8. The van der Waals surface area contributed by atoms with Gasteiger partial charge in [-0.2, -0.15) is 0 Å². The number of aryl methyl sites for hydroxylation is 2. The van der Waals surface area contributed by atoms with E-state index in [2.05, 4.69) is 5.32 Å². The predicted octanol–water partition coefficient (Wildman–Crippen LogP) is 2.01. The van der Waals surface area contributed by atoms with Crippen molar-refractivity contribution in [2.24, 2.45) is 0 Å². The van der Waals surface area contributed by atoms with Crippen LogP contribution < -0.4 is 5.32 Å². The molecular formula is C18H22N2O6S. The van der Waals surface area contributed by atoms with Crippen LogP contribution in [-0.2, 0) is 14.8 Å². The zero-order chi connectivity index (χ0) is 20.5. The number of rotatable bonds is 6. The van der Waals surface area contributed by atoms with Gasteiger partial charge in [0.25, 0.3) is 15.9 Å². The summed E-state index contributed by atoms with van der Waals surface area (Å²) >= 11 is 0. The Kier molecular flexibility index (Phi) is 5.76. The second-order valence-corrected chi connectivity index (χ2v) is 8.44. The number of hydrogen-bond donors (Lipinski definition) is 2. The Hall–Kier alpha value is -2.65. The lowest BCUT2D eigenvalue weighted by Gasteiger charge is -2.18. The molecule has 1 aromatic carbocycles. The van der Waals surface area contributed by atoms with E-state index in [0.29, 0.717) is 5.56 Å². The third kappa shape index (κ3) is 4.04. The molecule has 0 radical (unpaired) electrons. The fourth-order valence-corrected chi connectivity index (χ4v) is 3.41. The Morgan fingerprint density at radius 1 is 1.19 bits per heavy atom. The zero-order valence-electron chi connectivity index (χ0n) is 15.7. The number of amides is 1. The third-order valence-electron chi connectivity index (χ3n) is 4.35. The van der Waals surface area contributed by atoms with Crippen molar-refractivity contribution in [2.75, 3.05) is 14.1 Å². The molecule has 1 unspecified atom stereocenters. The van der Waals surface area contributed by atoms with Crippen molar-refractivity contribution >= 4 is 21.9 Å². The van der Waals surface area contributed by atoms with Gasteiger partial charge < -0.3 is 14.8 Å². The molecule has 2 aromatic rings. The molecule has 0 fully saturated rings. The summed E-state index contributed by atoms with van der Waals surface area (Å²) in [6.07, 6.45) is 0. The van der Waals surface area contributed by atoms with Gasteiger partial charge in [-0.15, -0.1) is 0 Å².